The van der Waals surface area contributed by atoms with Gasteiger partial charge < -0.3 is 16.4 Å². The Morgan fingerprint density at radius 2 is 1.84 bits per heavy atom. The fourth-order valence-corrected chi connectivity index (χ4v) is 1.63. The zero-order chi connectivity index (χ0) is 13.4. The van der Waals surface area contributed by atoms with Crippen molar-refractivity contribution in [2.24, 2.45) is 5.73 Å². The predicted molar refractivity (Wildman–Crippen MR) is 77.2 cm³/mol. The van der Waals surface area contributed by atoms with Crippen LogP contribution in [-0.2, 0) is 9.59 Å². The maximum atomic E-state index is 11.9. The van der Waals surface area contributed by atoms with Crippen molar-refractivity contribution in [1.82, 2.24) is 10.6 Å². The van der Waals surface area contributed by atoms with Crippen molar-refractivity contribution in [2.45, 2.75) is 12.8 Å². The fraction of sp³-hybridized carbons (Fsp3) is 0.385. The molecule has 1 atom stereocenters. The van der Waals surface area contributed by atoms with E-state index in [1.807, 2.05) is 37.3 Å². The summed E-state index contributed by atoms with van der Waals surface area (Å²) in [6.07, 6.45) is 0. The second-order valence-electron chi connectivity index (χ2n) is 3.87. The summed E-state index contributed by atoms with van der Waals surface area (Å²) in [4.78, 5) is 23.2. The summed E-state index contributed by atoms with van der Waals surface area (Å²) in [5.41, 5.74) is 6.46. The Balaban J connectivity index is 0.00000324. The summed E-state index contributed by atoms with van der Waals surface area (Å²) in [6.45, 7) is 2.57. The highest BCUT2D eigenvalue weighted by molar-refractivity contribution is 5.88. The number of halogens is 1. The van der Waals surface area contributed by atoms with Crippen molar-refractivity contribution in [3.05, 3.63) is 35.9 Å². The first-order chi connectivity index (χ1) is 8.69. The minimum Gasteiger partial charge on any atom is -0.355 e. The van der Waals surface area contributed by atoms with E-state index < -0.39 is 5.92 Å². The monoisotopic (exact) mass is 285 g/mol. The van der Waals surface area contributed by atoms with Gasteiger partial charge in [-0.15, -0.1) is 12.4 Å². The molecular formula is C13H20ClN3O2. The van der Waals surface area contributed by atoms with E-state index in [0.717, 1.165) is 5.56 Å². The summed E-state index contributed by atoms with van der Waals surface area (Å²) in [7, 11) is 0. The van der Waals surface area contributed by atoms with Crippen LogP contribution in [0.3, 0.4) is 0 Å². The van der Waals surface area contributed by atoms with Crippen LogP contribution in [-0.4, -0.2) is 31.4 Å². The molecule has 0 heterocycles. The molecule has 0 aliphatic heterocycles. The lowest BCUT2D eigenvalue weighted by Gasteiger charge is -2.15. The smallest absolute Gasteiger partial charge is 0.239 e. The van der Waals surface area contributed by atoms with Crippen molar-refractivity contribution in [3.63, 3.8) is 0 Å². The Hall–Kier alpha value is -1.59. The number of rotatable bonds is 6. The van der Waals surface area contributed by atoms with E-state index >= 15 is 0 Å². The third-order valence-corrected chi connectivity index (χ3v) is 2.55. The molecule has 4 N–H and O–H groups in total. The number of nitrogens with two attached hydrogens (primary N) is 1. The largest absolute Gasteiger partial charge is 0.355 e. The van der Waals surface area contributed by atoms with Crippen LogP contribution in [0.4, 0.5) is 0 Å². The molecule has 5 nitrogen and oxygen atoms in total. The van der Waals surface area contributed by atoms with Crippen molar-refractivity contribution in [2.75, 3.05) is 19.6 Å². The molecule has 0 radical (unpaired) electrons. The molecule has 106 valence electrons. The minimum atomic E-state index is -0.416. The summed E-state index contributed by atoms with van der Waals surface area (Å²) in [6, 6.07) is 9.29. The van der Waals surface area contributed by atoms with Crippen LogP contribution >= 0.6 is 12.4 Å². The number of benzene rings is 1. The average Bonchev–Trinajstić information content (AvgIpc) is 2.39. The zero-order valence-corrected chi connectivity index (χ0v) is 11.7. The first kappa shape index (κ1) is 17.4. The Labute approximate surface area is 119 Å². The molecule has 0 aromatic heterocycles. The van der Waals surface area contributed by atoms with Crippen LogP contribution < -0.4 is 16.4 Å². The van der Waals surface area contributed by atoms with E-state index in [0.29, 0.717) is 6.54 Å². The standard InChI is InChI=1S/C13H19N3O2.ClH/c1-2-15-12(17)9-16-13(18)11(8-14)10-6-4-3-5-7-10;/h3-7,11H,2,8-9,14H2,1H3,(H,15,17)(H,16,18);1H. The number of carbonyl (C=O) groups is 2. The van der Waals surface area contributed by atoms with E-state index in [1.54, 1.807) is 0 Å². The van der Waals surface area contributed by atoms with Gasteiger partial charge in [-0.1, -0.05) is 30.3 Å². The minimum absolute atomic E-state index is 0. The van der Waals surface area contributed by atoms with E-state index in [-0.39, 0.29) is 37.3 Å². The van der Waals surface area contributed by atoms with Gasteiger partial charge in [0.2, 0.25) is 11.8 Å². The highest BCUT2D eigenvalue weighted by Crippen LogP contribution is 2.13. The lowest BCUT2D eigenvalue weighted by atomic mass is 9.98. The summed E-state index contributed by atoms with van der Waals surface area (Å²) >= 11 is 0. The van der Waals surface area contributed by atoms with Gasteiger partial charge in [0.15, 0.2) is 0 Å². The highest BCUT2D eigenvalue weighted by atomic mass is 35.5. The number of hydrogen-bond acceptors (Lipinski definition) is 3. The van der Waals surface area contributed by atoms with Crippen LogP contribution in [0.25, 0.3) is 0 Å². The molecule has 2 amide bonds. The Kier molecular flexibility index (Phi) is 8.57. The second kappa shape index (κ2) is 9.35. The van der Waals surface area contributed by atoms with Crippen molar-refractivity contribution < 1.29 is 9.59 Å². The van der Waals surface area contributed by atoms with Gasteiger partial charge in [-0.05, 0) is 12.5 Å². The molecule has 19 heavy (non-hydrogen) atoms. The molecule has 0 aliphatic carbocycles. The quantitative estimate of drug-likeness (QED) is 0.707. The zero-order valence-electron chi connectivity index (χ0n) is 10.9. The molecule has 0 aliphatic rings. The first-order valence-electron chi connectivity index (χ1n) is 5.98. The van der Waals surface area contributed by atoms with Crippen molar-refractivity contribution >= 4 is 24.2 Å². The van der Waals surface area contributed by atoms with Crippen LogP contribution in [0.5, 0.6) is 0 Å². The van der Waals surface area contributed by atoms with Gasteiger partial charge in [0.25, 0.3) is 0 Å². The number of likely N-dealkylation sites (N-methyl/N-ethyl adjacent to an activating group) is 1. The second-order valence-corrected chi connectivity index (χ2v) is 3.87. The van der Waals surface area contributed by atoms with Gasteiger partial charge in [0, 0.05) is 13.1 Å². The molecule has 0 saturated carbocycles. The number of nitrogens with one attached hydrogen (secondary N) is 2. The Morgan fingerprint density at radius 1 is 1.21 bits per heavy atom. The van der Waals surface area contributed by atoms with Gasteiger partial charge in [-0.3, -0.25) is 9.59 Å². The van der Waals surface area contributed by atoms with Crippen LogP contribution in [0.1, 0.15) is 18.4 Å². The van der Waals surface area contributed by atoms with Crippen molar-refractivity contribution in [3.8, 4) is 0 Å². The topological polar surface area (TPSA) is 84.2 Å². The number of carbonyl (C=O) groups excluding carboxylic acids is 2. The van der Waals surface area contributed by atoms with Gasteiger partial charge in [-0.25, -0.2) is 0 Å². The van der Waals surface area contributed by atoms with E-state index in [1.165, 1.54) is 0 Å². The maximum absolute atomic E-state index is 11.9. The Bertz CT molecular complexity index is 398. The van der Waals surface area contributed by atoms with Gasteiger partial charge >= 0.3 is 0 Å². The molecule has 0 spiro atoms. The Morgan fingerprint density at radius 3 is 2.37 bits per heavy atom. The average molecular weight is 286 g/mol. The van der Waals surface area contributed by atoms with Gasteiger partial charge in [-0.2, -0.15) is 0 Å². The predicted octanol–water partition coefficient (Wildman–Crippen LogP) is 0.403. The third kappa shape index (κ3) is 5.72. The molecule has 0 saturated heterocycles. The summed E-state index contributed by atoms with van der Waals surface area (Å²) < 4.78 is 0. The van der Waals surface area contributed by atoms with E-state index in [9.17, 15) is 9.59 Å². The van der Waals surface area contributed by atoms with Crippen LogP contribution in [0.15, 0.2) is 30.3 Å². The number of hydrogen-bond donors (Lipinski definition) is 3. The summed E-state index contributed by atoms with van der Waals surface area (Å²) in [5.74, 6) is -0.842. The molecule has 1 aromatic rings. The lowest BCUT2D eigenvalue weighted by Crippen LogP contribution is -2.40. The van der Waals surface area contributed by atoms with E-state index in [4.69, 9.17) is 5.73 Å². The van der Waals surface area contributed by atoms with Crippen LogP contribution in [0.2, 0.25) is 0 Å². The number of amides is 2. The first-order valence-corrected chi connectivity index (χ1v) is 5.98. The van der Waals surface area contributed by atoms with Gasteiger partial charge in [0.1, 0.15) is 0 Å². The van der Waals surface area contributed by atoms with Crippen molar-refractivity contribution in [1.29, 1.82) is 0 Å². The third-order valence-electron chi connectivity index (χ3n) is 2.55. The molecule has 6 heteroatoms. The molecule has 0 bridgehead atoms. The molecule has 0 fully saturated rings. The highest BCUT2D eigenvalue weighted by Gasteiger charge is 2.18. The molecule has 1 unspecified atom stereocenters. The lowest BCUT2D eigenvalue weighted by molar-refractivity contribution is -0.126. The molecular weight excluding hydrogens is 266 g/mol. The SMILES string of the molecule is CCNC(=O)CNC(=O)C(CN)c1ccccc1.Cl. The molecule has 1 aromatic carbocycles. The maximum Gasteiger partial charge on any atom is 0.239 e. The summed E-state index contributed by atoms with van der Waals surface area (Å²) in [5, 5.41) is 5.20. The van der Waals surface area contributed by atoms with Crippen LogP contribution in [0, 0.1) is 0 Å². The molecule has 1 rings (SSSR count). The fourth-order valence-electron chi connectivity index (χ4n) is 1.63. The van der Waals surface area contributed by atoms with Gasteiger partial charge in [0.05, 0.1) is 12.5 Å². The normalized spacial score (nSPS) is 11.1. The van der Waals surface area contributed by atoms with E-state index in [2.05, 4.69) is 10.6 Å².